The Bertz CT molecular complexity index is 2710. The zero-order valence-corrected chi connectivity index (χ0v) is 22.7. The lowest BCUT2D eigenvalue weighted by Crippen LogP contribution is -1.98. The van der Waals surface area contributed by atoms with Gasteiger partial charge in [0.25, 0.3) is 0 Å². The molecule has 9 aromatic rings. The molecular formula is C38H20N4O. The third-order valence-electron chi connectivity index (χ3n) is 8.56. The molecule has 198 valence electrons. The van der Waals surface area contributed by atoms with Gasteiger partial charge in [0.1, 0.15) is 11.7 Å². The number of hydrogen-bond donors (Lipinski definition) is 0. The first-order chi connectivity index (χ1) is 21.2. The second-order valence-corrected chi connectivity index (χ2v) is 10.8. The highest BCUT2D eigenvalue weighted by atomic mass is 16.3. The zero-order chi connectivity index (χ0) is 28.7. The van der Waals surface area contributed by atoms with Gasteiger partial charge in [-0.1, -0.05) is 54.6 Å². The summed E-state index contributed by atoms with van der Waals surface area (Å²) < 4.78 is 10.8. The van der Waals surface area contributed by atoms with Gasteiger partial charge in [-0.25, -0.2) is 0 Å². The molecule has 3 heterocycles. The van der Waals surface area contributed by atoms with E-state index in [1.54, 1.807) is 6.07 Å². The molecular weight excluding hydrogens is 528 g/mol. The highest BCUT2D eigenvalue weighted by molar-refractivity contribution is 6.27. The number of rotatable bonds is 2. The minimum atomic E-state index is 0.534. The van der Waals surface area contributed by atoms with Crippen molar-refractivity contribution < 1.29 is 4.42 Å². The van der Waals surface area contributed by atoms with E-state index >= 15 is 0 Å². The van der Waals surface area contributed by atoms with Crippen LogP contribution in [0.2, 0.25) is 0 Å². The van der Waals surface area contributed by atoms with E-state index in [9.17, 15) is 10.5 Å². The molecule has 3 aromatic heterocycles. The second kappa shape index (κ2) is 8.60. The van der Waals surface area contributed by atoms with Gasteiger partial charge in [-0.05, 0) is 66.7 Å². The quantitative estimate of drug-likeness (QED) is 0.216. The van der Waals surface area contributed by atoms with Crippen molar-refractivity contribution in [2.45, 2.75) is 0 Å². The SMILES string of the molecule is N#Cc1ccc2c(c1)c1ccccc1n2-c1cccc(-n2c3ccccc3c3c4c(ccc32)oc2c(C#N)cccc24)c1. The largest absolute Gasteiger partial charge is 0.455 e. The van der Waals surface area contributed by atoms with Gasteiger partial charge in [-0.15, -0.1) is 0 Å². The topological polar surface area (TPSA) is 70.6 Å². The summed E-state index contributed by atoms with van der Waals surface area (Å²) in [4.78, 5) is 0. The molecule has 0 radical (unpaired) electrons. The molecule has 0 unspecified atom stereocenters. The minimum Gasteiger partial charge on any atom is -0.455 e. The van der Waals surface area contributed by atoms with Crippen molar-refractivity contribution in [1.29, 1.82) is 10.5 Å². The molecule has 0 aliphatic carbocycles. The van der Waals surface area contributed by atoms with Crippen molar-refractivity contribution in [2.24, 2.45) is 0 Å². The molecule has 0 spiro atoms. The lowest BCUT2D eigenvalue weighted by Gasteiger charge is -2.12. The third-order valence-corrected chi connectivity index (χ3v) is 8.56. The van der Waals surface area contributed by atoms with E-state index in [1.807, 2.05) is 42.5 Å². The number of nitrogens with zero attached hydrogens (tertiary/aromatic N) is 4. The van der Waals surface area contributed by atoms with Gasteiger partial charge >= 0.3 is 0 Å². The molecule has 0 aliphatic rings. The number of para-hydroxylation sites is 3. The molecule has 0 fully saturated rings. The summed E-state index contributed by atoms with van der Waals surface area (Å²) >= 11 is 0. The summed E-state index contributed by atoms with van der Waals surface area (Å²) in [5.74, 6) is 0. The molecule has 43 heavy (non-hydrogen) atoms. The predicted molar refractivity (Wildman–Crippen MR) is 172 cm³/mol. The normalized spacial score (nSPS) is 11.7. The predicted octanol–water partition coefficient (Wildman–Crippen LogP) is 9.52. The summed E-state index contributed by atoms with van der Waals surface area (Å²) in [6.45, 7) is 0. The van der Waals surface area contributed by atoms with Crippen LogP contribution in [0.15, 0.2) is 126 Å². The Balaban J connectivity index is 1.36. The average molecular weight is 549 g/mol. The first kappa shape index (κ1) is 23.4. The maximum atomic E-state index is 9.73. The fourth-order valence-electron chi connectivity index (χ4n) is 6.81. The van der Waals surface area contributed by atoms with Crippen LogP contribution in [-0.2, 0) is 0 Å². The van der Waals surface area contributed by atoms with Crippen molar-refractivity contribution in [3.63, 3.8) is 0 Å². The maximum absolute atomic E-state index is 9.73. The Kier molecular flexibility index (Phi) is 4.68. The Morgan fingerprint density at radius 2 is 1.14 bits per heavy atom. The summed E-state index contributed by atoms with van der Waals surface area (Å²) in [6, 6.07) is 45.7. The molecule has 0 aliphatic heterocycles. The Morgan fingerprint density at radius 3 is 1.93 bits per heavy atom. The van der Waals surface area contributed by atoms with Crippen molar-refractivity contribution in [3.8, 4) is 23.5 Å². The van der Waals surface area contributed by atoms with Crippen LogP contribution in [0.4, 0.5) is 0 Å². The van der Waals surface area contributed by atoms with Gasteiger partial charge in [-0.2, -0.15) is 10.5 Å². The van der Waals surface area contributed by atoms with Crippen LogP contribution in [-0.4, -0.2) is 9.13 Å². The van der Waals surface area contributed by atoms with Crippen LogP contribution < -0.4 is 0 Å². The van der Waals surface area contributed by atoms with Gasteiger partial charge in [0, 0.05) is 43.7 Å². The number of hydrogen-bond acceptors (Lipinski definition) is 3. The van der Waals surface area contributed by atoms with Crippen LogP contribution in [0.1, 0.15) is 11.1 Å². The molecule has 0 N–H and O–H groups in total. The highest BCUT2D eigenvalue weighted by Gasteiger charge is 2.20. The molecule has 5 heteroatoms. The summed E-state index contributed by atoms with van der Waals surface area (Å²) in [5, 5.41) is 25.7. The van der Waals surface area contributed by atoms with Gasteiger partial charge < -0.3 is 13.6 Å². The molecule has 5 nitrogen and oxygen atoms in total. The molecule has 0 amide bonds. The minimum absolute atomic E-state index is 0.534. The van der Waals surface area contributed by atoms with E-state index in [4.69, 9.17) is 4.42 Å². The van der Waals surface area contributed by atoms with Crippen molar-refractivity contribution >= 4 is 65.6 Å². The molecule has 0 bridgehead atoms. The number of aromatic nitrogens is 2. The molecule has 0 saturated heterocycles. The van der Waals surface area contributed by atoms with Crippen LogP contribution in [0.5, 0.6) is 0 Å². The van der Waals surface area contributed by atoms with Gasteiger partial charge in [0.15, 0.2) is 5.58 Å². The monoisotopic (exact) mass is 548 g/mol. The Labute approximate surface area is 245 Å². The van der Waals surface area contributed by atoms with Crippen molar-refractivity contribution in [2.75, 3.05) is 0 Å². The van der Waals surface area contributed by atoms with E-state index in [1.165, 1.54) is 0 Å². The number of fused-ring (bicyclic) bond motifs is 10. The summed E-state index contributed by atoms with van der Waals surface area (Å²) in [6.07, 6.45) is 0. The van der Waals surface area contributed by atoms with E-state index in [2.05, 4.69) is 94.1 Å². The molecule has 0 atom stereocenters. The van der Waals surface area contributed by atoms with E-state index in [0.29, 0.717) is 16.7 Å². The lowest BCUT2D eigenvalue weighted by atomic mass is 10.0. The smallest absolute Gasteiger partial charge is 0.153 e. The number of benzene rings is 6. The van der Waals surface area contributed by atoms with Crippen molar-refractivity contribution in [1.82, 2.24) is 9.13 Å². The molecule has 9 rings (SSSR count). The maximum Gasteiger partial charge on any atom is 0.153 e. The van der Waals surface area contributed by atoms with Crippen LogP contribution in [0.3, 0.4) is 0 Å². The van der Waals surface area contributed by atoms with Gasteiger partial charge in [0.05, 0.1) is 39.3 Å². The first-order valence-corrected chi connectivity index (χ1v) is 14.1. The lowest BCUT2D eigenvalue weighted by molar-refractivity contribution is 0.668. The van der Waals surface area contributed by atoms with Gasteiger partial charge in [-0.3, -0.25) is 0 Å². The van der Waals surface area contributed by atoms with E-state index in [-0.39, 0.29) is 0 Å². The van der Waals surface area contributed by atoms with E-state index in [0.717, 1.165) is 71.3 Å². The Hall–Kier alpha value is -6.30. The van der Waals surface area contributed by atoms with E-state index < -0.39 is 0 Å². The molecule has 6 aromatic carbocycles. The van der Waals surface area contributed by atoms with Crippen molar-refractivity contribution in [3.05, 3.63) is 132 Å². The fourth-order valence-corrected chi connectivity index (χ4v) is 6.81. The first-order valence-electron chi connectivity index (χ1n) is 14.1. The highest BCUT2D eigenvalue weighted by Crippen LogP contribution is 2.42. The third kappa shape index (κ3) is 3.14. The number of furan rings is 1. The second-order valence-electron chi connectivity index (χ2n) is 10.8. The van der Waals surface area contributed by atoms with Crippen LogP contribution in [0.25, 0.3) is 76.9 Å². The number of nitriles is 2. The average Bonchev–Trinajstić information content (AvgIpc) is 3.72. The fraction of sp³-hybridized carbons (Fsp3) is 0. The standard InChI is InChI=1S/C38H20N4O/c39-21-23-15-16-33-30(19-23)27-10-1-3-13-31(27)41(33)25-8-6-9-26(20-25)42-32-14-4-2-11-28(32)36-34(42)17-18-35-37(36)29-12-5-7-24(22-40)38(29)43-35/h1-20H. The summed E-state index contributed by atoms with van der Waals surface area (Å²) in [5.41, 5.74) is 8.94. The Morgan fingerprint density at radius 1 is 0.488 bits per heavy atom. The molecule has 0 saturated carbocycles. The van der Waals surface area contributed by atoms with Gasteiger partial charge in [0.2, 0.25) is 0 Å². The van der Waals surface area contributed by atoms with Crippen LogP contribution in [0, 0.1) is 22.7 Å². The van der Waals surface area contributed by atoms with Crippen LogP contribution >= 0.6 is 0 Å². The zero-order valence-electron chi connectivity index (χ0n) is 22.7. The summed E-state index contributed by atoms with van der Waals surface area (Å²) in [7, 11) is 0.